The quantitative estimate of drug-likeness (QED) is 0.555. The fourth-order valence-corrected chi connectivity index (χ4v) is 2.69. The van der Waals surface area contributed by atoms with Gasteiger partial charge in [0.25, 0.3) is 0 Å². The van der Waals surface area contributed by atoms with Crippen LogP contribution in [-0.4, -0.2) is 31.1 Å². The van der Waals surface area contributed by atoms with E-state index in [1.54, 1.807) is 0 Å². The summed E-state index contributed by atoms with van der Waals surface area (Å²) in [6.07, 6.45) is 0. The van der Waals surface area contributed by atoms with E-state index in [4.69, 9.17) is 9.47 Å². The van der Waals surface area contributed by atoms with Crippen molar-refractivity contribution in [3.8, 4) is 11.5 Å². The summed E-state index contributed by atoms with van der Waals surface area (Å²) in [5.41, 5.74) is 0. The van der Waals surface area contributed by atoms with Crippen LogP contribution in [0.15, 0.2) is 24.3 Å². The summed E-state index contributed by atoms with van der Waals surface area (Å²) < 4.78 is 11.3. The van der Waals surface area contributed by atoms with Crippen LogP contribution in [0, 0.1) is 5.92 Å². The standard InChI is InChI=1S/C15H24BrNO2/c1-4-18-14-7-5-6-8-15(14)19-10-9-17-13(11-16)12(2)3/h5-8,12-13,17H,4,9-11H2,1-3H3. The minimum absolute atomic E-state index is 0.478. The van der Waals surface area contributed by atoms with E-state index in [-0.39, 0.29) is 0 Å². The summed E-state index contributed by atoms with van der Waals surface area (Å²) in [6, 6.07) is 8.26. The van der Waals surface area contributed by atoms with Crippen LogP contribution in [0.3, 0.4) is 0 Å². The Kier molecular flexibility index (Phi) is 7.91. The van der Waals surface area contributed by atoms with Crippen LogP contribution < -0.4 is 14.8 Å². The third-order valence-corrected chi connectivity index (χ3v) is 3.58. The molecule has 0 aliphatic heterocycles. The molecule has 0 aromatic heterocycles. The molecule has 108 valence electrons. The van der Waals surface area contributed by atoms with Gasteiger partial charge < -0.3 is 14.8 Å². The van der Waals surface area contributed by atoms with Gasteiger partial charge in [0, 0.05) is 17.9 Å². The average molecular weight is 330 g/mol. The van der Waals surface area contributed by atoms with Gasteiger partial charge in [0.15, 0.2) is 11.5 Å². The van der Waals surface area contributed by atoms with Crippen molar-refractivity contribution in [2.24, 2.45) is 5.92 Å². The Balaban J connectivity index is 2.36. The number of benzene rings is 1. The fraction of sp³-hybridized carbons (Fsp3) is 0.600. The lowest BCUT2D eigenvalue weighted by atomic mass is 10.1. The number of para-hydroxylation sites is 2. The van der Waals surface area contributed by atoms with Crippen molar-refractivity contribution in [3.63, 3.8) is 0 Å². The van der Waals surface area contributed by atoms with Crippen LogP contribution >= 0.6 is 15.9 Å². The highest BCUT2D eigenvalue weighted by Gasteiger charge is 2.10. The molecule has 1 atom stereocenters. The topological polar surface area (TPSA) is 30.5 Å². The Labute approximate surface area is 124 Å². The van der Waals surface area contributed by atoms with Gasteiger partial charge in [-0.3, -0.25) is 0 Å². The molecular formula is C15H24BrNO2. The highest BCUT2D eigenvalue weighted by atomic mass is 79.9. The van der Waals surface area contributed by atoms with Gasteiger partial charge in [-0.25, -0.2) is 0 Å². The molecule has 0 radical (unpaired) electrons. The second-order valence-electron chi connectivity index (χ2n) is 4.69. The minimum Gasteiger partial charge on any atom is -0.490 e. The van der Waals surface area contributed by atoms with Crippen molar-refractivity contribution >= 4 is 15.9 Å². The van der Waals surface area contributed by atoms with Gasteiger partial charge in [-0.05, 0) is 25.0 Å². The summed E-state index contributed by atoms with van der Waals surface area (Å²) in [5, 5.41) is 4.44. The molecule has 0 aliphatic carbocycles. The number of rotatable bonds is 9. The Morgan fingerprint density at radius 1 is 1.16 bits per heavy atom. The fourth-order valence-electron chi connectivity index (χ4n) is 1.72. The van der Waals surface area contributed by atoms with Crippen molar-refractivity contribution < 1.29 is 9.47 Å². The molecule has 4 heteroatoms. The summed E-state index contributed by atoms with van der Waals surface area (Å²) in [5.74, 6) is 2.23. The lowest BCUT2D eigenvalue weighted by Crippen LogP contribution is -2.37. The number of nitrogens with one attached hydrogen (secondary N) is 1. The largest absolute Gasteiger partial charge is 0.490 e. The first-order valence-electron chi connectivity index (χ1n) is 6.83. The third kappa shape index (κ3) is 5.83. The maximum Gasteiger partial charge on any atom is 0.161 e. The van der Waals surface area contributed by atoms with Crippen LogP contribution in [0.1, 0.15) is 20.8 Å². The predicted molar refractivity (Wildman–Crippen MR) is 83.5 cm³/mol. The first-order chi connectivity index (χ1) is 9.19. The predicted octanol–water partition coefficient (Wildman–Crippen LogP) is 3.47. The highest BCUT2D eigenvalue weighted by Crippen LogP contribution is 2.26. The van der Waals surface area contributed by atoms with E-state index in [1.165, 1.54) is 0 Å². The van der Waals surface area contributed by atoms with E-state index >= 15 is 0 Å². The molecule has 1 aromatic carbocycles. The molecule has 19 heavy (non-hydrogen) atoms. The number of halogens is 1. The molecule has 1 N–H and O–H groups in total. The molecule has 0 amide bonds. The molecule has 0 heterocycles. The lowest BCUT2D eigenvalue weighted by molar-refractivity contribution is 0.268. The van der Waals surface area contributed by atoms with Gasteiger partial charge in [-0.15, -0.1) is 0 Å². The van der Waals surface area contributed by atoms with Crippen LogP contribution in [0.2, 0.25) is 0 Å². The smallest absolute Gasteiger partial charge is 0.161 e. The van der Waals surface area contributed by atoms with Gasteiger partial charge in [0.2, 0.25) is 0 Å². The summed E-state index contributed by atoms with van der Waals surface area (Å²) in [6.45, 7) is 8.52. The van der Waals surface area contributed by atoms with Crippen molar-refractivity contribution in [1.29, 1.82) is 0 Å². The number of ether oxygens (including phenoxy) is 2. The molecule has 0 spiro atoms. The molecular weight excluding hydrogens is 306 g/mol. The van der Waals surface area contributed by atoms with Crippen LogP contribution in [0.25, 0.3) is 0 Å². The van der Waals surface area contributed by atoms with Crippen molar-refractivity contribution in [2.75, 3.05) is 25.1 Å². The maximum absolute atomic E-state index is 5.76. The summed E-state index contributed by atoms with van der Waals surface area (Å²) in [4.78, 5) is 0. The Hall–Kier alpha value is -0.740. The normalized spacial score (nSPS) is 12.5. The van der Waals surface area contributed by atoms with Crippen LogP contribution in [-0.2, 0) is 0 Å². The molecule has 0 aliphatic rings. The van der Waals surface area contributed by atoms with Crippen LogP contribution in [0.5, 0.6) is 11.5 Å². The second-order valence-corrected chi connectivity index (χ2v) is 5.33. The number of hydrogen-bond donors (Lipinski definition) is 1. The van der Waals surface area contributed by atoms with Crippen molar-refractivity contribution in [3.05, 3.63) is 24.3 Å². The zero-order chi connectivity index (χ0) is 14.1. The molecule has 0 saturated heterocycles. The average Bonchev–Trinajstić information content (AvgIpc) is 2.40. The van der Waals surface area contributed by atoms with Crippen molar-refractivity contribution in [1.82, 2.24) is 5.32 Å². The van der Waals surface area contributed by atoms with Gasteiger partial charge in [0.05, 0.1) is 6.61 Å². The number of hydrogen-bond acceptors (Lipinski definition) is 3. The zero-order valence-electron chi connectivity index (χ0n) is 12.0. The van der Waals surface area contributed by atoms with Gasteiger partial charge in [0.1, 0.15) is 6.61 Å². The first-order valence-corrected chi connectivity index (χ1v) is 7.95. The molecule has 0 saturated carbocycles. The number of alkyl halides is 1. The molecule has 0 fully saturated rings. The lowest BCUT2D eigenvalue weighted by Gasteiger charge is -2.20. The molecule has 1 unspecified atom stereocenters. The minimum atomic E-state index is 0.478. The van der Waals surface area contributed by atoms with E-state index in [0.717, 1.165) is 23.4 Å². The Morgan fingerprint density at radius 2 is 1.79 bits per heavy atom. The van der Waals surface area contributed by atoms with E-state index in [1.807, 2.05) is 31.2 Å². The summed E-state index contributed by atoms with van der Waals surface area (Å²) in [7, 11) is 0. The van der Waals surface area contributed by atoms with Crippen LogP contribution in [0.4, 0.5) is 0 Å². The zero-order valence-corrected chi connectivity index (χ0v) is 13.6. The van der Waals surface area contributed by atoms with Gasteiger partial charge >= 0.3 is 0 Å². The molecule has 3 nitrogen and oxygen atoms in total. The Bertz CT molecular complexity index is 358. The first kappa shape index (κ1) is 16.3. The third-order valence-electron chi connectivity index (χ3n) is 2.89. The van der Waals surface area contributed by atoms with Gasteiger partial charge in [-0.1, -0.05) is 41.9 Å². The van der Waals surface area contributed by atoms with Crippen molar-refractivity contribution in [2.45, 2.75) is 26.8 Å². The maximum atomic E-state index is 5.76. The van der Waals surface area contributed by atoms with E-state index in [0.29, 0.717) is 25.2 Å². The molecule has 1 rings (SSSR count). The Morgan fingerprint density at radius 3 is 2.32 bits per heavy atom. The molecule has 1 aromatic rings. The van der Waals surface area contributed by atoms with E-state index in [2.05, 4.69) is 35.1 Å². The monoisotopic (exact) mass is 329 g/mol. The SMILES string of the molecule is CCOc1ccccc1OCCNC(CBr)C(C)C. The highest BCUT2D eigenvalue weighted by molar-refractivity contribution is 9.09. The summed E-state index contributed by atoms with van der Waals surface area (Å²) >= 11 is 3.52. The second kappa shape index (κ2) is 9.21. The van der Waals surface area contributed by atoms with E-state index < -0.39 is 0 Å². The van der Waals surface area contributed by atoms with Gasteiger partial charge in [-0.2, -0.15) is 0 Å². The molecule has 0 bridgehead atoms. The van der Waals surface area contributed by atoms with E-state index in [9.17, 15) is 0 Å².